The van der Waals surface area contributed by atoms with Gasteiger partial charge >= 0.3 is 0 Å². The van der Waals surface area contributed by atoms with Gasteiger partial charge in [-0.2, -0.15) is 4.31 Å². The molecule has 0 aliphatic carbocycles. The van der Waals surface area contributed by atoms with Crippen molar-refractivity contribution in [1.82, 2.24) is 19.2 Å². The van der Waals surface area contributed by atoms with E-state index in [1.54, 1.807) is 33.5 Å². The van der Waals surface area contributed by atoms with Gasteiger partial charge in [0.1, 0.15) is 0 Å². The lowest BCUT2D eigenvalue weighted by atomic mass is 9.94. The molecule has 0 spiro atoms. The maximum atomic E-state index is 13.2. The Labute approximate surface area is 192 Å². The highest BCUT2D eigenvalue weighted by molar-refractivity contribution is 7.89. The zero-order valence-corrected chi connectivity index (χ0v) is 19.7. The van der Waals surface area contributed by atoms with Gasteiger partial charge in [-0.05, 0) is 30.0 Å². The molecule has 8 heteroatoms. The molecule has 32 heavy (non-hydrogen) atoms. The number of hydrogen-bond acceptors (Lipinski definition) is 5. The number of fused-ring (bicyclic) bond motifs is 1. The van der Waals surface area contributed by atoms with Crippen molar-refractivity contribution < 1.29 is 8.42 Å². The fourth-order valence-electron chi connectivity index (χ4n) is 4.40. The third kappa shape index (κ3) is 4.11. The van der Waals surface area contributed by atoms with Gasteiger partial charge in [-0.1, -0.05) is 48.0 Å². The van der Waals surface area contributed by atoms with E-state index >= 15 is 0 Å². The maximum Gasteiger partial charge on any atom is 0.262 e. The van der Waals surface area contributed by atoms with Crippen LogP contribution >= 0.6 is 11.3 Å². The second kappa shape index (κ2) is 8.44. The SMILES string of the molecule is Cc1ccc2sc(CN[C@H]3CN(S(=O)(=O)c4cn(C)cn4)C[C@@H]3c3ccccc3)cc2c1. The fourth-order valence-corrected chi connectivity index (χ4v) is 6.85. The molecule has 1 saturated heterocycles. The molecule has 0 amide bonds. The number of sulfonamides is 1. The molecule has 2 aromatic carbocycles. The Morgan fingerprint density at radius 1 is 1.12 bits per heavy atom. The summed E-state index contributed by atoms with van der Waals surface area (Å²) in [6.07, 6.45) is 3.09. The molecule has 0 unspecified atom stereocenters. The minimum Gasteiger partial charge on any atom is -0.339 e. The topological polar surface area (TPSA) is 67.2 Å². The summed E-state index contributed by atoms with van der Waals surface area (Å²) in [6, 6.07) is 18.9. The van der Waals surface area contributed by atoms with E-state index in [2.05, 4.69) is 53.6 Å². The third-order valence-corrected chi connectivity index (χ3v) is 8.89. The molecule has 3 heterocycles. The summed E-state index contributed by atoms with van der Waals surface area (Å²) in [5, 5.41) is 5.02. The van der Waals surface area contributed by atoms with Crippen LogP contribution in [0, 0.1) is 6.92 Å². The molecule has 5 rings (SSSR count). The summed E-state index contributed by atoms with van der Waals surface area (Å²) in [4.78, 5) is 5.35. The van der Waals surface area contributed by atoms with E-state index in [9.17, 15) is 8.42 Å². The average molecular weight is 467 g/mol. The van der Waals surface area contributed by atoms with Crippen LogP contribution in [-0.2, 0) is 23.6 Å². The van der Waals surface area contributed by atoms with E-state index in [1.807, 2.05) is 18.2 Å². The second-order valence-electron chi connectivity index (χ2n) is 8.46. The van der Waals surface area contributed by atoms with Crippen LogP contribution in [0.3, 0.4) is 0 Å². The molecule has 6 nitrogen and oxygen atoms in total. The van der Waals surface area contributed by atoms with Gasteiger partial charge in [-0.15, -0.1) is 11.3 Å². The number of rotatable bonds is 6. The molecular formula is C24H26N4O2S2. The van der Waals surface area contributed by atoms with Crippen LogP contribution in [0.5, 0.6) is 0 Å². The average Bonchev–Trinajstić information content (AvgIpc) is 3.50. The van der Waals surface area contributed by atoms with Crippen molar-refractivity contribution in [3.05, 3.63) is 83.1 Å². The number of thiophene rings is 1. The highest BCUT2D eigenvalue weighted by Crippen LogP contribution is 2.32. The third-order valence-electron chi connectivity index (χ3n) is 6.06. The lowest BCUT2D eigenvalue weighted by Gasteiger charge is -2.19. The maximum absolute atomic E-state index is 13.2. The van der Waals surface area contributed by atoms with Gasteiger partial charge in [0, 0.05) is 54.4 Å². The summed E-state index contributed by atoms with van der Waals surface area (Å²) in [6.45, 7) is 3.67. The van der Waals surface area contributed by atoms with Crippen LogP contribution in [0.15, 0.2) is 72.1 Å². The van der Waals surface area contributed by atoms with Gasteiger partial charge in [0.25, 0.3) is 10.0 Å². The van der Waals surface area contributed by atoms with Gasteiger partial charge in [0.05, 0.1) is 6.33 Å². The first kappa shape index (κ1) is 21.3. The van der Waals surface area contributed by atoms with Crippen LogP contribution in [0.1, 0.15) is 21.9 Å². The Morgan fingerprint density at radius 3 is 2.69 bits per heavy atom. The fraction of sp³-hybridized carbons (Fsp3) is 0.292. The van der Waals surface area contributed by atoms with Crippen LogP contribution in [0.4, 0.5) is 0 Å². The molecule has 1 aliphatic rings. The monoisotopic (exact) mass is 466 g/mol. The van der Waals surface area contributed by atoms with Gasteiger partial charge in [0.15, 0.2) is 5.03 Å². The highest BCUT2D eigenvalue weighted by atomic mass is 32.2. The second-order valence-corrected chi connectivity index (χ2v) is 11.5. The Hall–Kier alpha value is -2.52. The van der Waals surface area contributed by atoms with Crippen molar-refractivity contribution >= 4 is 31.4 Å². The standard InChI is InChI=1S/C24H26N4O2S2/c1-17-8-9-23-19(10-17)11-20(31-23)12-25-22-14-28(13-21(22)18-6-4-3-5-7-18)32(29,30)24-15-27(2)16-26-24/h3-11,15-16,21-22,25H,12-14H2,1-2H3/t21-,22+/m1/s1. The number of nitrogens with one attached hydrogen (secondary N) is 1. The first-order chi connectivity index (χ1) is 15.4. The lowest BCUT2D eigenvalue weighted by Crippen LogP contribution is -2.36. The zero-order chi connectivity index (χ0) is 22.3. The van der Waals surface area contributed by atoms with E-state index < -0.39 is 10.0 Å². The predicted molar refractivity (Wildman–Crippen MR) is 128 cm³/mol. The molecule has 2 aromatic heterocycles. The predicted octanol–water partition coefficient (Wildman–Crippen LogP) is 3.89. The minimum atomic E-state index is -3.64. The zero-order valence-electron chi connectivity index (χ0n) is 18.1. The van der Waals surface area contributed by atoms with Crippen LogP contribution in [0.25, 0.3) is 10.1 Å². The normalized spacial score (nSPS) is 19.7. The van der Waals surface area contributed by atoms with Gasteiger partial charge in [-0.25, -0.2) is 13.4 Å². The quantitative estimate of drug-likeness (QED) is 0.468. The van der Waals surface area contributed by atoms with Crippen LogP contribution < -0.4 is 5.32 Å². The largest absolute Gasteiger partial charge is 0.339 e. The van der Waals surface area contributed by atoms with E-state index in [1.165, 1.54) is 26.9 Å². The van der Waals surface area contributed by atoms with Gasteiger partial charge in [-0.3, -0.25) is 0 Å². The molecule has 1 N–H and O–H groups in total. The summed E-state index contributed by atoms with van der Waals surface area (Å²) in [5.74, 6) is 0.0753. The molecule has 1 fully saturated rings. The minimum absolute atomic E-state index is 0.0165. The first-order valence-electron chi connectivity index (χ1n) is 10.7. The van der Waals surface area contributed by atoms with Gasteiger partial charge < -0.3 is 9.88 Å². The Bertz CT molecular complexity index is 1340. The molecule has 0 saturated carbocycles. The van der Waals surface area contributed by atoms with Crippen molar-refractivity contribution in [2.75, 3.05) is 13.1 Å². The Kier molecular flexibility index (Phi) is 5.63. The summed E-state index contributed by atoms with van der Waals surface area (Å²) in [5.41, 5.74) is 2.40. The number of imidazole rings is 1. The van der Waals surface area contributed by atoms with E-state index in [4.69, 9.17) is 0 Å². The molecule has 4 aromatic rings. The van der Waals surface area contributed by atoms with E-state index in [0.29, 0.717) is 19.6 Å². The molecule has 166 valence electrons. The van der Waals surface area contributed by atoms with Crippen molar-refractivity contribution in [1.29, 1.82) is 0 Å². The number of nitrogens with zero attached hydrogens (tertiary/aromatic N) is 3. The van der Waals surface area contributed by atoms with Crippen molar-refractivity contribution in [2.45, 2.75) is 30.5 Å². The van der Waals surface area contributed by atoms with E-state index in [0.717, 1.165) is 5.56 Å². The Morgan fingerprint density at radius 2 is 1.94 bits per heavy atom. The molecule has 2 atom stereocenters. The van der Waals surface area contributed by atoms with Crippen LogP contribution in [-0.4, -0.2) is 41.4 Å². The van der Waals surface area contributed by atoms with E-state index in [-0.39, 0.29) is 17.0 Å². The summed E-state index contributed by atoms with van der Waals surface area (Å²) >= 11 is 1.79. The van der Waals surface area contributed by atoms with Crippen molar-refractivity contribution in [3.8, 4) is 0 Å². The van der Waals surface area contributed by atoms with Gasteiger partial charge in [0.2, 0.25) is 0 Å². The summed E-state index contributed by atoms with van der Waals surface area (Å²) in [7, 11) is -1.86. The van der Waals surface area contributed by atoms with Crippen molar-refractivity contribution in [2.24, 2.45) is 7.05 Å². The van der Waals surface area contributed by atoms with Crippen LogP contribution in [0.2, 0.25) is 0 Å². The number of aryl methyl sites for hydroxylation is 2. The first-order valence-corrected chi connectivity index (χ1v) is 12.9. The number of benzene rings is 2. The Balaban J connectivity index is 1.39. The molecule has 0 radical (unpaired) electrons. The highest BCUT2D eigenvalue weighted by Gasteiger charge is 2.40. The molecule has 1 aliphatic heterocycles. The smallest absolute Gasteiger partial charge is 0.262 e. The van der Waals surface area contributed by atoms with Crippen molar-refractivity contribution in [3.63, 3.8) is 0 Å². The summed E-state index contributed by atoms with van der Waals surface area (Å²) < 4.78 is 30.9. The number of hydrogen-bond donors (Lipinski definition) is 1. The molecular weight excluding hydrogens is 440 g/mol. The number of aromatic nitrogens is 2. The lowest BCUT2D eigenvalue weighted by molar-refractivity contribution is 0.454. The molecule has 0 bridgehead atoms.